The summed E-state index contributed by atoms with van der Waals surface area (Å²) in [6, 6.07) is 28.1. The summed E-state index contributed by atoms with van der Waals surface area (Å²) in [5.74, 6) is -1.21. The molecule has 1 aliphatic carbocycles. The van der Waals surface area contributed by atoms with Gasteiger partial charge in [0.05, 0.1) is 8.40 Å². The molecule has 0 radical (unpaired) electrons. The molecule has 1 N–H and O–H groups in total. The van der Waals surface area contributed by atoms with Gasteiger partial charge in [-0.15, -0.1) is 11.3 Å². The third-order valence-electron chi connectivity index (χ3n) is 7.79. The average molecular weight is 527 g/mol. The number of hydrogen-bond donors (Lipinski definition) is 1. The quantitative estimate of drug-likeness (QED) is 0.146. The molecule has 0 aliphatic heterocycles. The Balaban J connectivity index is 1.28. The highest BCUT2D eigenvalue weighted by molar-refractivity contribution is 7.16. The summed E-state index contributed by atoms with van der Waals surface area (Å²) >= 11 is 1.49. The Morgan fingerprint density at radius 1 is 0.921 bits per heavy atom. The largest absolute Gasteiger partial charge is 0.477 e. The van der Waals surface area contributed by atoms with Gasteiger partial charge in [0.15, 0.2) is 0 Å². The van der Waals surface area contributed by atoms with Crippen LogP contribution in [0.25, 0.3) is 49.4 Å². The number of rotatable bonds is 4. The molecule has 7 rings (SSSR count). The molecular formula is C32H22N2O2SSi. The molecule has 38 heavy (non-hydrogen) atoms. The van der Waals surface area contributed by atoms with E-state index in [1.807, 2.05) is 12.1 Å². The number of carboxylic acid groups (broad SMARTS) is 1. The molecule has 0 unspecified atom stereocenters. The SMILES string of the molecule is CC1(C)c2cc(-c3ccc(/C=C(/C#N)C(=O)O)s3)ccc2-c2ccc(-[si]3cc4ccc5ccc(c3)n54)cc21. The summed E-state index contributed by atoms with van der Waals surface area (Å²) in [5.41, 5.74) is 14.7. The summed E-state index contributed by atoms with van der Waals surface area (Å²) in [4.78, 5) is 13.0. The van der Waals surface area contributed by atoms with Crippen LogP contribution in [-0.4, -0.2) is 23.9 Å². The molecule has 182 valence electrons. The van der Waals surface area contributed by atoms with Crippen molar-refractivity contribution in [3.8, 4) is 32.8 Å². The zero-order valence-electron chi connectivity index (χ0n) is 20.8. The maximum Gasteiger partial charge on any atom is 0.346 e. The van der Waals surface area contributed by atoms with Crippen LogP contribution in [0, 0.1) is 11.3 Å². The zero-order chi connectivity index (χ0) is 26.2. The van der Waals surface area contributed by atoms with E-state index < -0.39 is 14.4 Å². The van der Waals surface area contributed by atoms with Crippen molar-refractivity contribution in [2.45, 2.75) is 19.3 Å². The van der Waals surface area contributed by atoms with E-state index in [0.717, 1.165) is 15.3 Å². The highest BCUT2D eigenvalue weighted by atomic mass is 32.1. The van der Waals surface area contributed by atoms with Crippen molar-refractivity contribution in [1.82, 2.24) is 4.40 Å². The van der Waals surface area contributed by atoms with E-state index in [9.17, 15) is 9.90 Å². The lowest BCUT2D eigenvalue weighted by Crippen LogP contribution is -2.15. The Labute approximate surface area is 225 Å². The molecule has 0 fully saturated rings. The van der Waals surface area contributed by atoms with Gasteiger partial charge in [-0.25, -0.2) is 4.79 Å². The zero-order valence-corrected chi connectivity index (χ0v) is 22.6. The van der Waals surface area contributed by atoms with Gasteiger partial charge in [-0.05, 0) is 92.9 Å². The number of carbonyl (C=O) groups is 1. The average Bonchev–Trinajstić information content (AvgIpc) is 3.69. The van der Waals surface area contributed by atoms with E-state index in [2.05, 4.69) is 90.3 Å². The summed E-state index contributed by atoms with van der Waals surface area (Å²) in [6.45, 7) is 4.61. The third kappa shape index (κ3) is 3.33. The van der Waals surface area contributed by atoms with Gasteiger partial charge in [0.2, 0.25) is 0 Å². The number of fused-ring (bicyclic) bond motifs is 3. The summed E-state index contributed by atoms with van der Waals surface area (Å²) < 4.78 is 2.33. The topological polar surface area (TPSA) is 65.5 Å². The van der Waals surface area contributed by atoms with Gasteiger partial charge in [-0.3, -0.25) is 0 Å². The number of nitriles is 1. The minimum absolute atomic E-state index is 0.140. The Morgan fingerprint density at radius 2 is 1.58 bits per heavy atom. The van der Waals surface area contributed by atoms with Crippen LogP contribution in [-0.2, 0) is 10.2 Å². The molecule has 4 nitrogen and oxygen atoms in total. The summed E-state index contributed by atoms with van der Waals surface area (Å²) in [7, 11) is -0.985. The monoisotopic (exact) mass is 526 g/mol. The van der Waals surface area contributed by atoms with Crippen LogP contribution in [0.4, 0.5) is 0 Å². The van der Waals surface area contributed by atoms with Crippen LogP contribution in [0.5, 0.6) is 0 Å². The smallest absolute Gasteiger partial charge is 0.346 e. The lowest BCUT2D eigenvalue weighted by Gasteiger charge is -2.22. The van der Waals surface area contributed by atoms with Crippen molar-refractivity contribution in [1.29, 1.82) is 5.26 Å². The van der Waals surface area contributed by atoms with Crippen LogP contribution in [0.15, 0.2) is 89.7 Å². The normalized spacial score (nSPS) is 14.1. The summed E-state index contributed by atoms with van der Waals surface area (Å²) in [5, 5.41) is 19.7. The predicted molar refractivity (Wildman–Crippen MR) is 155 cm³/mol. The molecule has 4 heterocycles. The first-order chi connectivity index (χ1) is 18.3. The molecule has 2 aromatic carbocycles. The van der Waals surface area contributed by atoms with E-state index in [0.29, 0.717) is 0 Å². The van der Waals surface area contributed by atoms with Gasteiger partial charge in [-0.1, -0.05) is 44.2 Å². The first-order valence-corrected chi connectivity index (χ1v) is 14.9. The first kappa shape index (κ1) is 22.9. The maximum atomic E-state index is 11.2. The first-order valence-electron chi connectivity index (χ1n) is 12.4. The van der Waals surface area contributed by atoms with Crippen LogP contribution in [0.1, 0.15) is 29.9 Å². The lowest BCUT2D eigenvalue weighted by molar-refractivity contribution is -0.132. The molecule has 0 bridgehead atoms. The second-order valence-electron chi connectivity index (χ2n) is 10.3. The third-order valence-corrected chi connectivity index (χ3v) is 11.1. The Bertz CT molecular complexity index is 1960. The Morgan fingerprint density at radius 3 is 2.26 bits per heavy atom. The summed E-state index contributed by atoms with van der Waals surface area (Å²) in [6.07, 6.45) is 1.44. The molecule has 0 amide bonds. The van der Waals surface area contributed by atoms with Gasteiger partial charge in [0.25, 0.3) is 0 Å². The van der Waals surface area contributed by atoms with Gasteiger partial charge in [-0.2, -0.15) is 5.26 Å². The van der Waals surface area contributed by atoms with Crippen molar-refractivity contribution < 1.29 is 9.90 Å². The molecular weight excluding hydrogens is 505 g/mol. The Kier molecular flexibility index (Phi) is 4.87. The minimum atomic E-state index is -1.21. The number of benzene rings is 2. The number of thiophene rings is 1. The van der Waals surface area contributed by atoms with Crippen molar-refractivity contribution in [2.75, 3.05) is 0 Å². The van der Waals surface area contributed by atoms with Crippen LogP contribution >= 0.6 is 11.3 Å². The Hall–Kier alpha value is -4.31. The number of hydrogen-bond acceptors (Lipinski definition) is 3. The second kappa shape index (κ2) is 8.09. The standard InChI is InChI=1S/C32H22N2O2SSi/c1-32(2)28-14-19(30-12-8-24(37-30)13-20(16-33)31(35)36)3-10-26(28)27-11-9-25(15-29(27)32)38-17-22-6-4-21-5-7-23(18-38)34(21)22/h3-15,17-18H,1-2H3,(H,35,36)/b20-13-. The number of nitrogens with zero attached hydrogens (tertiary/aromatic N) is 2. The van der Waals surface area contributed by atoms with E-state index in [1.165, 1.54) is 61.4 Å². The highest BCUT2D eigenvalue weighted by Crippen LogP contribution is 2.50. The van der Waals surface area contributed by atoms with E-state index in [-0.39, 0.29) is 11.0 Å². The van der Waals surface area contributed by atoms with Gasteiger partial charge in [0.1, 0.15) is 11.6 Å². The second-order valence-corrected chi connectivity index (χ2v) is 13.5. The fourth-order valence-electron chi connectivity index (χ4n) is 5.83. The van der Waals surface area contributed by atoms with Gasteiger partial charge in [0, 0.05) is 31.7 Å². The van der Waals surface area contributed by atoms with E-state index >= 15 is 0 Å². The molecule has 0 spiro atoms. The molecule has 6 heteroatoms. The number of aromatic nitrogens is 1. The van der Waals surface area contributed by atoms with E-state index in [1.54, 1.807) is 6.07 Å². The van der Waals surface area contributed by atoms with Crippen LogP contribution in [0.3, 0.4) is 0 Å². The fraction of sp³-hybridized carbons (Fsp3) is 0.0938. The lowest BCUT2D eigenvalue weighted by atomic mass is 9.82. The van der Waals surface area contributed by atoms with Crippen LogP contribution in [0.2, 0.25) is 0 Å². The van der Waals surface area contributed by atoms with Gasteiger partial charge < -0.3 is 9.51 Å². The predicted octanol–water partition coefficient (Wildman–Crippen LogP) is 7.57. The molecule has 0 atom stereocenters. The van der Waals surface area contributed by atoms with Crippen LogP contribution < -0.4 is 0 Å². The molecule has 0 saturated heterocycles. The van der Waals surface area contributed by atoms with Crippen molar-refractivity contribution >= 4 is 48.3 Å². The highest BCUT2D eigenvalue weighted by Gasteiger charge is 2.36. The number of aliphatic carboxylic acids is 1. The molecule has 4 aromatic heterocycles. The maximum absolute atomic E-state index is 11.2. The minimum Gasteiger partial charge on any atom is -0.477 e. The van der Waals surface area contributed by atoms with E-state index in [4.69, 9.17) is 5.26 Å². The fourth-order valence-corrected chi connectivity index (χ4v) is 8.87. The molecule has 0 saturated carbocycles. The number of carboxylic acids is 1. The van der Waals surface area contributed by atoms with Gasteiger partial charge >= 0.3 is 5.97 Å². The van der Waals surface area contributed by atoms with Crippen molar-refractivity contribution in [3.05, 3.63) is 106 Å². The molecule has 1 aliphatic rings. The van der Waals surface area contributed by atoms with Crippen molar-refractivity contribution in [3.63, 3.8) is 0 Å². The van der Waals surface area contributed by atoms with Crippen molar-refractivity contribution in [2.24, 2.45) is 0 Å². The molecule has 6 aromatic rings.